The van der Waals surface area contributed by atoms with Gasteiger partial charge in [-0.15, -0.1) is 0 Å². The van der Waals surface area contributed by atoms with Crippen LogP contribution in [0.25, 0.3) is 0 Å². The van der Waals surface area contributed by atoms with E-state index >= 15 is 0 Å². The number of anilines is 1. The average Bonchev–Trinajstić information content (AvgIpc) is 2.69. The first-order chi connectivity index (χ1) is 12.7. The topological polar surface area (TPSA) is 67.3 Å². The molecule has 138 valence electrons. The molecule has 2 aromatic rings. The van der Waals surface area contributed by atoms with E-state index in [1.165, 1.54) is 5.56 Å². The molecule has 1 aliphatic rings. The molecule has 0 aliphatic carbocycles. The van der Waals surface area contributed by atoms with Crippen molar-refractivity contribution in [1.29, 1.82) is 0 Å². The highest BCUT2D eigenvalue weighted by Crippen LogP contribution is 2.24. The molecule has 1 fully saturated rings. The Kier molecular flexibility index (Phi) is 6.17. The van der Waals surface area contributed by atoms with Gasteiger partial charge in [0.1, 0.15) is 5.75 Å². The summed E-state index contributed by atoms with van der Waals surface area (Å²) in [6, 6.07) is 9.86. The minimum atomic E-state index is -0.180. The number of ether oxygens (including phenoxy) is 1. The number of hydrogen-bond acceptors (Lipinski definition) is 5. The number of carbonyl (C=O) groups excluding carboxylic acids is 1. The summed E-state index contributed by atoms with van der Waals surface area (Å²) in [4.78, 5) is 22.7. The Balaban J connectivity index is 1.47. The molecule has 1 saturated heterocycles. The lowest BCUT2D eigenvalue weighted by Gasteiger charge is -2.35. The maximum Gasteiger partial charge on any atom is 0.243 e. The van der Waals surface area contributed by atoms with E-state index in [4.69, 9.17) is 4.74 Å². The van der Waals surface area contributed by atoms with Crippen molar-refractivity contribution in [3.05, 3.63) is 48.3 Å². The van der Waals surface area contributed by atoms with Crippen molar-refractivity contribution in [3.8, 4) is 5.75 Å². The Morgan fingerprint density at radius 1 is 1.23 bits per heavy atom. The number of amides is 1. The van der Waals surface area contributed by atoms with Gasteiger partial charge < -0.3 is 4.74 Å². The molecule has 1 atom stereocenters. The highest BCUT2D eigenvalue weighted by atomic mass is 16.5. The second-order valence-electron chi connectivity index (χ2n) is 6.77. The van der Waals surface area contributed by atoms with Crippen LogP contribution in [0.1, 0.15) is 25.3 Å². The number of nitrogens with one attached hydrogen (secondary N) is 1. The molecule has 1 amide bonds. The molecule has 6 nitrogen and oxygen atoms in total. The Labute approximate surface area is 154 Å². The number of benzene rings is 1. The molecule has 0 spiro atoms. The standard InChI is InChI=1S/C20H26N4O2/c1-15(19(25)23-20-21-10-3-11-22-20)24-12-8-17(9-13-24)14-16-4-6-18(26-2)7-5-16/h3-7,10-11,15,17H,8-9,12-14H2,1-2H3,(H,21,22,23,25). The normalized spacial score (nSPS) is 16.8. The van der Waals surface area contributed by atoms with Crippen molar-refractivity contribution in [3.63, 3.8) is 0 Å². The molecular weight excluding hydrogens is 328 g/mol. The van der Waals surface area contributed by atoms with E-state index in [0.29, 0.717) is 11.9 Å². The molecule has 26 heavy (non-hydrogen) atoms. The van der Waals surface area contributed by atoms with Crippen molar-refractivity contribution >= 4 is 11.9 Å². The zero-order chi connectivity index (χ0) is 18.4. The smallest absolute Gasteiger partial charge is 0.243 e. The summed E-state index contributed by atoms with van der Waals surface area (Å²) in [5.41, 5.74) is 1.34. The maximum atomic E-state index is 12.4. The third-order valence-electron chi connectivity index (χ3n) is 5.06. The number of likely N-dealkylation sites (tertiary alicyclic amines) is 1. The van der Waals surface area contributed by atoms with Crippen molar-refractivity contribution < 1.29 is 9.53 Å². The Morgan fingerprint density at radius 2 is 1.88 bits per heavy atom. The van der Waals surface area contributed by atoms with Crippen LogP contribution >= 0.6 is 0 Å². The quantitative estimate of drug-likeness (QED) is 0.864. The van der Waals surface area contributed by atoms with Gasteiger partial charge in [0.15, 0.2) is 0 Å². The van der Waals surface area contributed by atoms with E-state index < -0.39 is 0 Å². The Hall–Kier alpha value is -2.47. The summed E-state index contributed by atoms with van der Waals surface area (Å²) >= 11 is 0. The van der Waals surface area contributed by atoms with Crippen LogP contribution in [-0.4, -0.2) is 47.0 Å². The van der Waals surface area contributed by atoms with Gasteiger partial charge >= 0.3 is 0 Å². The molecule has 0 saturated carbocycles. The lowest BCUT2D eigenvalue weighted by molar-refractivity contribution is -0.121. The van der Waals surface area contributed by atoms with Gasteiger partial charge in [-0.1, -0.05) is 12.1 Å². The first-order valence-corrected chi connectivity index (χ1v) is 9.10. The lowest BCUT2D eigenvalue weighted by atomic mass is 9.89. The fourth-order valence-electron chi connectivity index (χ4n) is 3.38. The Bertz CT molecular complexity index is 698. The predicted octanol–water partition coefficient (Wildman–Crippen LogP) is 2.77. The second kappa shape index (κ2) is 8.76. The third-order valence-corrected chi connectivity index (χ3v) is 5.06. The molecule has 1 aromatic carbocycles. The molecule has 2 heterocycles. The third kappa shape index (κ3) is 4.79. The van der Waals surface area contributed by atoms with Crippen LogP contribution in [0.4, 0.5) is 5.95 Å². The molecule has 0 radical (unpaired) electrons. The summed E-state index contributed by atoms with van der Waals surface area (Å²) in [6.45, 7) is 3.82. The van der Waals surface area contributed by atoms with E-state index in [1.807, 2.05) is 19.1 Å². The predicted molar refractivity (Wildman–Crippen MR) is 101 cm³/mol. The molecule has 0 bridgehead atoms. The van der Waals surface area contributed by atoms with Gasteiger partial charge in [0.2, 0.25) is 11.9 Å². The maximum absolute atomic E-state index is 12.4. The van der Waals surface area contributed by atoms with Crippen LogP contribution in [0.5, 0.6) is 5.75 Å². The summed E-state index contributed by atoms with van der Waals surface area (Å²) in [5, 5.41) is 2.79. The van der Waals surface area contributed by atoms with Gasteiger partial charge in [-0.25, -0.2) is 9.97 Å². The van der Waals surface area contributed by atoms with Gasteiger partial charge in [-0.05, 0) is 69.0 Å². The van der Waals surface area contributed by atoms with Crippen molar-refractivity contribution in [2.75, 3.05) is 25.5 Å². The summed E-state index contributed by atoms with van der Waals surface area (Å²) in [6.07, 6.45) is 6.53. The molecule has 6 heteroatoms. The first kappa shape index (κ1) is 18.3. The average molecular weight is 354 g/mol. The van der Waals surface area contributed by atoms with Gasteiger partial charge in [0.05, 0.1) is 13.2 Å². The fraction of sp³-hybridized carbons (Fsp3) is 0.450. The number of aromatic nitrogens is 2. The van der Waals surface area contributed by atoms with Crippen LogP contribution in [0.2, 0.25) is 0 Å². The van der Waals surface area contributed by atoms with Crippen LogP contribution < -0.4 is 10.1 Å². The van der Waals surface area contributed by atoms with E-state index in [-0.39, 0.29) is 11.9 Å². The lowest BCUT2D eigenvalue weighted by Crippen LogP contribution is -2.46. The van der Waals surface area contributed by atoms with Crippen LogP contribution in [0.15, 0.2) is 42.7 Å². The monoisotopic (exact) mass is 354 g/mol. The summed E-state index contributed by atoms with van der Waals surface area (Å²) in [5.74, 6) is 1.86. The van der Waals surface area contributed by atoms with E-state index in [0.717, 1.165) is 38.1 Å². The summed E-state index contributed by atoms with van der Waals surface area (Å²) in [7, 11) is 1.69. The number of hydrogen-bond donors (Lipinski definition) is 1. The highest BCUT2D eigenvalue weighted by Gasteiger charge is 2.27. The summed E-state index contributed by atoms with van der Waals surface area (Å²) < 4.78 is 5.21. The molecule has 1 aliphatic heterocycles. The van der Waals surface area contributed by atoms with Gasteiger partial charge in [-0.2, -0.15) is 0 Å². The Morgan fingerprint density at radius 3 is 2.50 bits per heavy atom. The second-order valence-corrected chi connectivity index (χ2v) is 6.77. The molecule has 1 unspecified atom stereocenters. The van der Waals surface area contributed by atoms with Gasteiger partial charge in [-0.3, -0.25) is 15.0 Å². The van der Waals surface area contributed by atoms with Crippen LogP contribution in [0.3, 0.4) is 0 Å². The number of nitrogens with zero attached hydrogens (tertiary/aromatic N) is 3. The zero-order valence-electron chi connectivity index (χ0n) is 15.4. The minimum Gasteiger partial charge on any atom is -0.497 e. The van der Waals surface area contributed by atoms with Crippen LogP contribution in [-0.2, 0) is 11.2 Å². The van der Waals surface area contributed by atoms with Gasteiger partial charge in [0, 0.05) is 12.4 Å². The molecule has 1 N–H and O–H groups in total. The van der Waals surface area contributed by atoms with E-state index in [9.17, 15) is 4.79 Å². The highest BCUT2D eigenvalue weighted by molar-refractivity contribution is 5.93. The zero-order valence-corrected chi connectivity index (χ0v) is 15.4. The van der Waals surface area contributed by atoms with Crippen molar-refractivity contribution in [2.45, 2.75) is 32.2 Å². The van der Waals surface area contributed by atoms with E-state index in [2.05, 4.69) is 32.3 Å². The number of piperidine rings is 1. The molecule has 3 rings (SSSR count). The first-order valence-electron chi connectivity index (χ1n) is 9.10. The molecule has 1 aromatic heterocycles. The minimum absolute atomic E-state index is 0.0511. The van der Waals surface area contributed by atoms with Crippen molar-refractivity contribution in [1.82, 2.24) is 14.9 Å². The largest absolute Gasteiger partial charge is 0.497 e. The number of carbonyl (C=O) groups is 1. The van der Waals surface area contributed by atoms with E-state index in [1.54, 1.807) is 25.6 Å². The van der Waals surface area contributed by atoms with Gasteiger partial charge in [0.25, 0.3) is 0 Å². The fourth-order valence-corrected chi connectivity index (χ4v) is 3.38. The number of rotatable bonds is 6. The van der Waals surface area contributed by atoms with Crippen LogP contribution in [0, 0.1) is 5.92 Å². The van der Waals surface area contributed by atoms with Crippen molar-refractivity contribution in [2.24, 2.45) is 5.92 Å². The molecular formula is C20H26N4O2. The SMILES string of the molecule is COc1ccc(CC2CCN(C(C)C(=O)Nc3ncccn3)CC2)cc1. The number of methoxy groups -OCH3 is 1.